The highest BCUT2D eigenvalue weighted by Crippen LogP contribution is 2.29. The fourth-order valence-corrected chi connectivity index (χ4v) is 3.03. The first kappa shape index (κ1) is 15.4. The Bertz CT molecular complexity index is 647. The summed E-state index contributed by atoms with van der Waals surface area (Å²) in [7, 11) is 1.81. The van der Waals surface area contributed by atoms with Crippen molar-refractivity contribution in [2.75, 3.05) is 12.4 Å². The Balaban J connectivity index is 2.61. The third kappa shape index (κ3) is 3.03. The highest BCUT2D eigenvalue weighted by Gasteiger charge is 2.15. The second-order valence-corrected chi connectivity index (χ2v) is 6.11. The van der Waals surface area contributed by atoms with Crippen LogP contribution in [0.3, 0.4) is 0 Å². The van der Waals surface area contributed by atoms with E-state index in [0.717, 1.165) is 15.1 Å². The van der Waals surface area contributed by atoms with Crippen molar-refractivity contribution in [3.63, 3.8) is 0 Å². The third-order valence-electron chi connectivity index (χ3n) is 2.84. The Morgan fingerprint density at radius 3 is 2.55 bits per heavy atom. The van der Waals surface area contributed by atoms with Gasteiger partial charge in [-0.05, 0) is 46.7 Å². The van der Waals surface area contributed by atoms with Crippen molar-refractivity contribution in [1.82, 2.24) is 9.97 Å². The molecule has 0 aliphatic rings. The molecule has 1 heterocycles. The van der Waals surface area contributed by atoms with Crippen LogP contribution in [-0.4, -0.2) is 17.0 Å². The van der Waals surface area contributed by atoms with Gasteiger partial charge in [-0.15, -0.1) is 0 Å². The second-order valence-electron chi connectivity index (χ2n) is 4.63. The molecule has 0 unspecified atom stereocenters. The summed E-state index contributed by atoms with van der Waals surface area (Å²) in [5.41, 5.74) is 1.55. The SMILES string of the molecule is CNc1nc(-c2ccc(Cl)c(F)c2)nc(C(C)C)c1I. The molecule has 0 atom stereocenters. The molecule has 0 aliphatic carbocycles. The van der Waals surface area contributed by atoms with Crippen LogP contribution in [0.5, 0.6) is 0 Å². The van der Waals surface area contributed by atoms with Gasteiger partial charge in [-0.25, -0.2) is 14.4 Å². The van der Waals surface area contributed by atoms with Crippen LogP contribution in [0.25, 0.3) is 11.4 Å². The van der Waals surface area contributed by atoms with Gasteiger partial charge in [0.1, 0.15) is 11.6 Å². The molecule has 6 heteroatoms. The minimum atomic E-state index is -0.469. The maximum absolute atomic E-state index is 13.6. The van der Waals surface area contributed by atoms with Gasteiger partial charge in [0, 0.05) is 12.6 Å². The van der Waals surface area contributed by atoms with Crippen molar-refractivity contribution in [2.45, 2.75) is 19.8 Å². The van der Waals surface area contributed by atoms with E-state index < -0.39 is 5.82 Å². The Morgan fingerprint density at radius 1 is 1.30 bits per heavy atom. The number of nitrogens with zero attached hydrogens (tertiary/aromatic N) is 2. The average Bonchev–Trinajstić information content (AvgIpc) is 2.42. The molecule has 1 aromatic carbocycles. The van der Waals surface area contributed by atoms with E-state index in [9.17, 15) is 4.39 Å². The first-order valence-electron chi connectivity index (χ1n) is 6.14. The molecule has 0 saturated carbocycles. The van der Waals surface area contributed by atoms with Gasteiger partial charge in [0.05, 0.1) is 14.3 Å². The summed E-state index contributed by atoms with van der Waals surface area (Å²) in [5.74, 6) is 1.03. The van der Waals surface area contributed by atoms with Crippen molar-refractivity contribution in [1.29, 1.82) is 0 Å². The van der Waals surface area contributed by atoms with Gasteiger partial charge in [-0.2, -0.15) is 0 Å². The lowest BCUT2D eigenvalue weighted by Crippen LogP contribution is -2.06. The van der Waals surface area contributed by atoms with E-state index >= 15 is 0 Å². The minimum absolute atomic E-state index is 0.0946. The molecule has 0 amide bonds. The lowest BCUT2D eigenvalue weighted by Gasteiger charge is -2.13. The van der Waals surface area contributed by atoms with E-state index in [0.29, 0.717) is 11.4 Å². The molecule has 0 aliphatic heterocycles. The summed E-state index contributed by atoms with van der Waals surface area (Å²) in [6.45, 7) is 4.13. The third-order valence-corrected chi connectivity index (χ3v) is 4.21. The molecule has 1 N–H and O–H groups in total. The molecule has 1 aromatic heterocycles. The van der Waals surface area contributed by atoms with E-state index in [2.05, 4.69) is 51.7 Å². The van der Waals surface area contributed by atoms with Gasteiger partial charge in [0.2, 0.25) is 0 Å². The van der Waals surface area contributed by atoms with Crippen LogP contribution in [0.1, 0.15) is 25.5 Å². The molecule has 0 saturated heterocycles. The maximum atomic E-state index is 13.6. The van der Waals surface area contributed by atoms with Crippen molar-refractivity contribution in [2.24, 2.45) is 0 Å². The molecule has 0 fully saturated rings. The number of hydrogen-bond donors (Lipinski definition) is 1. The molecular formula is C14H14ClFIN3. The Morgan fingerprint density at radius 2 is 2.00 bits per heavy atom. The number of anilines is 1. The first-order chi connectivity index (χ1) is 9.43. The molecule has 0 spiro atoms. The number of hydrogen-bond acceptors (Lipinski definition) is 3. The number of rotatable bonds is 3. The maximum Gasteiger partial charge on any atom is 0.161 e. The molecule has 2 aromatic rings. The lowest BCUT2D eigenvalue weighted by atomic mass is 10.1. The molecule has 2 rings (SSSR count). The van der Waals surface area contributed by atoms with Gasteiger partial charge < -0.3 is 5.32 Å². The van der Waals surface area contributed by atoms with E-state index in [-0.39, 0.29) is 10.9 Å². The molecule has 20 heavy (non-hydrogen) atoms. The Kier molecular flexibility index (Phi) is 4.80. The van der Waals surface area contributed by atoms with Gasteiger partial charge in [0.15, 0.2) is 5.82 Å². The monoisotopic (exact) mass is 405 g/mol. The summed E-state index contributed by atoms with van der Waals surface area (Å²) < 4.78 is 14.6. The van der Waals surface area contributed by atoms with E-state index in [4.69, 9.17) is 11.6 Å². The molecular weight excluding hydrogens is 392 g/mol. The molecule has 0 radical (unpaired) electrons. The van der Waals surface area contributed by atoms with E-state index in [1.54, 1.807) is 13.1 Å². The zero-order chi connectivity index (χ0) is 14.9. The Labute approximate surface area is 136 Å². The van der Waals surface area contributed by atoms with Crippen LogP contribution in [0.15, 0.2) is 18.2 Å². The van der Waals surface area contributed by atoms with Gasteiger partial charge in [0.25, 0.3) is 0 Å². The minimum Gasteiger partial charge on any atom is -0.372 e. The fraction of sp³-hybridized carbons (Fsp3) is 0.286. The average molecular weight is 406 g/mol. The van der Waals surface area contributed by atoms with Crippen molar-refractivity contribution in [3.05, 3.63) is 38.3 Å². The van der Waals surface area contributed by atoms with Crippen molar-refractivity contribution < 1.29 is 4.39 Å². The number of halogens is 3. The van der Waals surface area contributed by atoms with Gasteiger partial charge >= 0.3 is 0 Å². The standard InChI is InChI=1S/C14H14ClFIN3/c1-7(2)12-11(17)14(18-3)20-13(19-12)8-4-5-9(15)10(16)6-8/h4-7H,1-3H3,(H,18,19,20). The summed E-state index contributed by atoms with van der Waals surface area (Å²) >= 11 is 7.93. The zero-order valence-corrected chi connectivity index (χ0v) is 14.3. The van der Waals surface area contributed by atoms with Crippen molar-refractivity contribution in [3.8, 4) is 11.4 Å². The summed E-state index contributed by atoms with van der Waals surface area (Å²) in [6.07, 6.45) is 0. The van der Waals surface area contributed by atoms with Crippen LogP contribution in [0, 0.1) is 9.39 Å². The number of aromatic nitrogens is 2. The first-order valence-corrected chi connectivity index (χ1v) is 7.60. The lowest BCUT2D eigenvalue weighted by molar-refractivity contribution is 0.628. The zero-order valence-electron chi connectivity index (χ0n) is 11.3. The van der Waals surface area contributed by atoms with Crippen LogP contribution in [0.4, 0.5) is 10.2 Å². The molecule has 3 nitrogen and oxygen atoms in total. The number of benzene rings is 1. The second kappa shape index (κ2) is 6.22. The van der Waals surface area contributed by atoms with E-state index in [1.807, 2.05) is 0 Å². The fourth-order valence-electron chi connectivity index (χ4n) is 1.78. The summed E-state index contributed by atoms with van der Waals surface area (Å²) in [6, 6.07) is 4.59. The Hall–Kier alpha value is -0.950. The highest BCUT2D eigenvalue weighted by molar-refractivity contribution is 14.1. The topological polar surface area (TPSA) is 37.8 Å². The van der Waals surface area contributed by atoms with Gasteiger partial charge in [-0.3, -0.25) is 0 Å². The largest absolute Gasteiger partial charge is 0.372 e. The predicted octanol–water partition coefficient (Wildman–Crippen LogP) is 4.71. The summed E-state index contributed by atoms with van der Waals surface area (Å²) in [4.78, 5) is 8.99. The van der Waals surface area contributed by atoms with Crippen LogP contribution in [0.2, 0.25) is 5.02 Å². The summed E-state index contributed by atoms with van der Waals surface area (Å²) in [5, 5.41) is 3.14. The van der Waals surface area contributed by atoms with Gasteiger partial charge in [-0.1, -0.05) is 25.4 Å². The number of nitrogens with one attached hydrogen (secondary N) is 1. The van der Waals surface area contributed by atoms with Crippen molar-refractivity contribution >= 4 is 40.0 Å². The van der Waals surface area contributed by atoms with Crippen LogP contribution >= 0.6 is 34.2 Å². The van der Waals surface area contributed by atoms with Crippen LogP contribution in [-0.2, 0) is 0 Å². The highest BCUT2D eigenvalue weighted by atomic mass is 127. The molecule has 106 valence electrons. The quantitative estimate of drug-likeness (QED) is 0.752. The van der Waals surface area contributed by atoms with E-state index in [1.165, 1.54) is 12.1 Å². The normalized spacial score (nSPS) is 10.9. The smallest absolute Gasteiger partial charge is 0.161 e. The predicted molar refractivity (Wildman–Crippen MR) is 88.8 cm³/mol. The van der Waals surface area contributed by atoms with Crippen LogP contribution < -0.4 is 5.32 Å². The molecule has 0 bridgehead atoms.